The molecular formula is C33H20Cl2FNO3. The molecule has 7 rings (SSSR count). The van der Waals surface area contributed by atoms with Gasteiger partial charge in [0.15, 0.2) is 17.3 Å². The van der Waals surface area contributed by atoms with Gasteiger partial charge in [-0.05, 0) is 48.0 Å². The van der Waals surface area contributed by atoms with Gasteiger partial charge in [-0.2, -0.15) is 0 Å². The first-order chi connectivity index (χ1) is 19.3. The average Bonchev–Trinajstić information content (AvgIpc) is 3.39. The number of anilines is 1. The van der Waals surface area contributed by atoms with Gasteiger partial charge in [-0.3, -0.25) is 14.4 Å². The van der Waals surface area contributed by atoms with Crippen LogP contribution >= 0.6 is 23.2 Å². The summed E-state index contributed by atoms with van der Waals surface area (Å²) in [5.41, 5.74) is 0.931. The molecule has 0 amide bonds. The summed E-state index contributed by atoms with van der Waals surface area (Å²) in [4.78, 5) is 45.6. The molecule has 0 saturated carbocycles. The summed E-state index contributed by atoms with van der Waals surface area (Å²) in [6.07, 6.45) is 3.48. The van der Waals surface area contributed by atoms with Crippen LogP contribution < -0.4 is 4.90 Å². The predicted molar refractivity (Wildman–Crippen MR) is 153 cm³/mol. The van der Waals surface area contributed by atoms with E-state index in [1.807, 2.05) is 4.90 Å². The minimum Gasteiger partial charge on any atom is -0.352 e. The summed E-state index contributed by atoms with van der Waals surface area (Å²) in [7, 11) is 0. The fourth-order valence-corrected chi connectivity index (χ4v) is 7.27. The Hall–Kier alpha value is -4.06. The van der Waals surface area contributed by atoms with Crippen LogP contribution in [0.4, 0.5) is 10.1 Å². The fourth-order valence-electron chi connectivity index (χ4n) is 6.84. The molecule has 1 fully saturated rings. The molecule has 1 saturated heterocycles. The van der Waals surface area contributed by atoms with E-state index in [-0.39, 0.29) is 27.9 Å². The van der Waals surface area contributed by atoms with Crippen molar-refractivity contribution in [3.63, 3.8) is 0 Å². The Morgan fingerprint density at radius 1 is 0.825 bits per heavy atom. The monoisotopic (exact) mass is 567 g/mol. The molecule has 0 aromatic heterocycles. The van der Waals surface area contributed by atoms with Gasteiger partial charge < -0.3 is 4.90 Å². The van der Waals surface area contributed by atoms with Crippen LogP contribution in [-0.2, 0) is 0 Å². The van der Waals surface area contributed by atoms with Crippen molar-refractivity contribution in [2.45, 2.75) is 18.0 Å². The molecule has 0 bridgehead atoms. The summed E-state index contributed by atoms with van der Waals surface area (Å²) in [6.45, 7) is 0. The number of hydrogen-bond acceptors (Lipinski definition) is 4. The highest BCUT2D eigenvalue weighted by Gasteiger charge is 2.71. The number of hydrogen-bond donors (Lipinski definition) is 0. The molecule has 4 nitrogen and oxygen atoms in total. The topological polar surface area (TPSA) is 54.5 Å². The maximum absolute atomic E-state index is 14.6. The summed E-state index contributed by atoms with van der Waals surface area (Å²) in [6, 6.07) is 22.9. The van der Waals surface area contributed by atoms with Crippen LogP contribution in [0, 0.1) is 11.2 Å². The van der Waals surface area contributed by atoms with E-state index in [0.717, 1.165) is 0 Å². The van der Waals surface area contributed by atoms with E-state index in [1.165, 1.54) is 12.1 Å². The van der Waals surface area contributed by atoms with Crippen molar-refractivity contribution in [3.05, 3.63) is 141 Å². The first-order valence-electron chi connectivity index (χ1n) is 12.8. The number of benzene rings is 4. The van der Waals surface area contributed by atoms with E-state index in [0.29, 0.717) is 33.0 Å². The normalized spacial score (nSPS) is 21.9. The van der Waals surface area contributed by atoms with E-state index in [1.54, 1.807) is 91.0 Å². The van der Waals surface area contributed by atoms with Crippen LogP contribution in [0.2, 0.25) is 10.0 Å². The molecule has 7 heteroatoms. The zero-order valence-corrected chi connectivity index (χ0v) is 22.4. The van der Waals surface area contributed by atoms with Crippen molar-refractivity contribution in [2.24, 2.45) is 5.41 Å². The van der Waals surface area contributed by atoms with Crippen molar-refractivity contribution in [1.82, 2.24) is 0 Å². The number of nitrogens with zero attached hydrogens (tertiary/aromatic N) is 1. The van der Waals surface area contributed by atoms with Gasteiger partial charge in [0.05, 0.1) is 11.1 Å². The minimum absolute atomic E-state index is 0.258. The Balaban J connectivity index is 1.57. The summed E-state index contributed by atoms with van der Waals surface area (Å²) in [5, 5.41) is 0.670. The number of carbonyl (C=O) groups excluding carboxylic acids is 3. The smallest absolute Gasteiger partial charge is 0.187 e. The molecule has 4 aromatic carbocycles. The molecule has 3 atom stereocenters. The van der Waals surface area contributed by atoms with Crippen LogP contribution in [0.25, 0.3) is 6.08 Å². The molecule has 0 unspecified atom stereocenters. The Morgan fingerprint density at radius 2 is 1.52 bits per heavy atom. The third-order valence-corrected chi connectivity index (χ3v) is 8.95. The van der Waals surface area contributed by atoms with Gasteiger partial charge >= 0.3 is 0 Å². The zero-order chi connectivity index (χ0) is 27.8. The van der Waals surface area contributed by atoms with Crippen LogP contribution in [-0.4, -0.2) is 29.4 Å². The second kappa shape index (κ2) is 8.98. The van der Waals surface area contributed by atoms with E-state index in [2.05, 4.69) is 0 Å². The van der Waals surface area contributed by atoms with E-state index in [9.17, 15) is 18.8 Å². The molecule has 3 aliphatic rings. The standard InChI is InChI=1S/C33H20Cl2FNO3/c34-20-7-5-6-19(16-20)28-29(30(38)24-10-3-4-11-25(24)35)37-26-14-13-21(36)17-18(26)12-15-27(37)33(28)31(39)22-8-1-2-9-23(22)32(33)40/h1-17,27-29H/t27-,28-,29+/m0/s1. The Bertz CT molecular complexity index is 1760. The average molecular weight is 568 g/mol. The molecule has 196 valence electrons. The lowest BCUT2D eigenvalue weighted by Crippen LogP contribution is -2.48. The highest BCUT2D eigenvalue weighted by molar-refractivity contribution is 6.35. The van der Waals surface area contributed by atoms with Crippen LogP contribution in [0.1, 0.15) is 48.1 Å². The number of rotatable bonds is 3. The first kappa shape index (κ1) is 24.9. The van der Waals surface area contributed by atoms with Gasteiger partial charge in [-0.15, -0.1) is 0 Å². The first-order valence-corrected chi connectivity index (χ1v) is 13.6. The third-order valence-electron chi connectivity index (χ3n) is 8.38. The maximum atomic E-state index is 14.6. The predicted octanol–water partition coefficient (Wildman–Crippen LogP) is 7.45. The van der Waals surface area contributed by atoms with Gasteiger partial charge in [0.2, 0.25) is 0 Å². The van der Waals surface area contributed by atoms with Gasteiger partial charge in [0.1, 0.15) is 17.3 Å². The molecular weight excluding hydrogens is 548 g/mol. The van der Waals surface area contributed by atoms with Crippen molar-refractivity contribution >= 4 is 52.3 Å². The number of halogens is 3. The van der Waals surface area contributed by atoms with Gasteiger partial charge in [0, 0.05) is 38.9 Å². The maximum Gasteiger partial charge on any atom is 0.187 e. The number of carbonyl (C=O) groups is 3. The number of ketones is 3. The number of fused-ring (bicyclic) bond motifs is 5. The molecule has 40 heavy (non-hydrogen) atoms. The summed E-state index contributed by atoms with van der Waals surface area (Å²) >= 11 is 13.0. The van der Waals surface area contributed by atoms with Crippen molar-refractivity contribution in [3.8, 4) is 0 Å². The summed E-state index contributed by atoms with van der Waals surface area (Å²) < 4.78 is 14.3. The van der Waals surface area contributed by atoms with Crippen LogP contribution in [0.5, 0.6) is 0 Å². The fraction of sp³-hybridized carbons (Fsp3) is 0.121. The van der Waals surface area contributed by atoms with Crippen molar-refractivity contribution in [1.29, 1.82) is 0 Å². The molecule has 1 spiro atoms. The zero-order valence-electron chi connectivity index (χ0n) is 20.9. The third kappa shape index (κ3) is 3.28. The highest BCUT2D eigenvalue weighted by atomic mass is 35.5. The Labute approximate surface area is 239 Å². The SMILES string of the molecule is O=C(c1ccccc1Cl)[C@H]1[C@H](c2cccc(Cl)c2)C2(C(=O)c3ccccc3C2=O)[C@@H]2C=Cc3cc(F)ccc3N21. The molecule has 0 radical (unpaired) electrons. The highest BCUT2D eigenvalue weighted by Crippen LogP contribution is 2.61. The second-order valence-corrected chi connectivity index (χ2v) is 11.2. The van der Waals surface area contributed by atoms with Gasteiger partial charge in [0.25, 0.3) is 0 Å². The lowest BCUT2D eigenvalue weighted by molar-refractivity contribution is 0.0666. The number of Topliss-reactive ketones (excluding diaryl/α,β-unsaturated/α-hetero) is 3. The molecule has 2 heterocycles. The minimum atomic E-state index is -1.67. The van der Waals surface area contributed by atoms with Crippen molar-refractivity contribution in [2.75, 3.05) is 4.90 Å². The quantitative estimate of drug-likeness (QED) is 0.190. The largest absolute Gasteiger partial charge is 0.352 e. The molecule has 1 aliphatic carbocycles. The van der Waals surface area contributed by atoms with Crippen LogP contribution in [0.15, 0.2) is 97.1 Å². The Morgan fingerprint density at radius 3 is 2.23 bits per heavy atom. The molecule has 2 aliphatic heterocycles. The lowest BCUT2D eigenvalue weighted by Gasteiger charge is -2.37. The Kier molecular flexibility index (Phi) is 5.60. The lowest BCUT2D eigenvalue weighted by atomic mass is 9.64. The van der Waals surface area contributed by atoms with E-state index < -0.39 is 29.2 Å². The summed E-state index contributed by atoms with van der Waals surface area (Å²) in [5.74, 6) is -2.40. The second-order valence-electron chi connectivity index (χ2n) is 10.3. The van der Waals surface area contributed by atoms with Crippen molar-refractivity contribution < 1.29 is 18.8 Å². The van der Waals surface area contributed by atoms with Crippen LogP contribution in [0.3, 0.4) is 0 Å². The van der Waals surface area contributed by atoms with E-state index >= 15 is 0 Å². The van der Waals surface area contributed by atoms with Gasteiger partial charge in [-0.1, -0.05) is 83.9 Å². The van der Waals surface area contributed by atoms with E-state index in [4.69, 9.17) is 23.2 Å². The van der Waals surface area contributed by atoms with Gasteiger partial charge in [-0.25, -0.2) is 4.39 Å². The molecule has 0 N–H and O–H groups in total. The molecule has 4 aromatic rings.